The van der Waals surface area contributed by atoms with Crippen LogP contribution in [0.3, 0.4) is 0 Å². The highest BCUT2D eigenvalue weighted by Gasteiger charge is 2.21. The molecule has 0 aliphatic heterocycles. The van der Waals surface area contributed by atoms with Gasteiger partial charge in [-0.2, -0.15) is 0 Å². The van der Waals surface area contributed by atoms with Crippen LogP contribution < -0.4 is 5.32 Å². The van der Waals surface area contributed by atoms with Gasteiger partial charge in [-0.15, -0.1) is 0 Å². The van der Waals surface area contributed by atoms with Gasteiger partial charge in [0.15, 0.2) is 0 Å². The molecule has 0 saturated carbocycles. The highest BCUT2D eigenvalue weighted by Crippen LogP contribution is 2.17. The van der Waals surface area contributed by atoms with E-state index < -0.39 is 5.97 Å². The van der Waals surface area contributed by atoms with Gasteiger partial charge in [0.2, 0.25) is 0 Å². The molecule has 0 aliphatic carbocycles. The second kappa shape index (κ2) is 8.53. The van der Waals surface area contributed by atoms with Crippen molar-refractivity contribution in [2.24, 2.45) is 4.99 Å². The first-order valence-electron chi connectivity index (χ1n) is 7.65. The second-order valence-electron chi connectivity index (χ2n) is 4.97. The molecule has 5 heteroatoms. The van der Waals surface area contributed by atoms with E-state index in [0.29, 0.717) is 5.69 Å². The number of carbonyl (C=O) groups is 1. The number of aliphatic imine (C=N–C) groups is 1. The Morgan fingerprint density at radius 3 is 2.21 bits per heavy atom. The maximum Gasteiger partial charge on any atom is 0.345 e. The zero-order valence-electron chi connectivity index (χ0n) is 13.7. The van der Waals surface area contributed by atoms with Crippen molar-refractivity contribution < 1.29 is 14.6 Å². The van der Waals surface area contributed by atoms with Crippen LogP contribution >= 0.6 is 0 Å². The average molecular weight is 324 g/mol. The summed E-state index contributed by atoms with van der Waals surface area (Å²) in [6.45, 7) is 3.35. The second-order valence-corrected chi connectivity index (χ2v) is 4.97. The van der Waals surface area contributed by atoms with E-state index in [1.165, 1.54) is 6.92 Å². The SMILES string of the molecule is CCOC(=O)C(C(=Nc1ccccc1)Nc1ccccc1)=C(C)O. The van der Waals surface area contributed by atoms with Gasteiger partial charge >= 0.3 is 5.97 Å². The topological polar surface area (TPSA) is 70.9 Å². The number of allylic oxidation sites excluding steroid dienone is 1. The summed E-state index contributed by atoms with van der Waals surface area (Å²) in [7, 11) is 0. The van der Waals surface area contributed by atoms with Crippen LogP contribution in [-0.4, -0.2) is 23.5 Å². The number of aliphatic hydroxyl groups is 1. The summed E-state index contributed by atoms with van der Waals surface area (Å²) in [5.41, 5.74) is 1.40. The maximum absolute atomic E-state index is 12.2. The van der Waals surface area contributed by atoms with Crippen molar-refractivity contribution in [1.29, 1.82) is 0 Å². The molecule has 0 fully saturated rings. The fraction of sp³-hybridized carbons (Fsp3) is 0.158. The molecule has 2 aromatic carbocycles. The van der Waals surface area contributed by atoms with Crippen molar-refractivity contribution in [3.8, 4) is 0 Å². The van der Waals surface area contributed by atoms with Crippen LogP contribution in [0.1, 0.15) is 13.8 Å². The molecular weight excluding hydrogens is 304 g/mol. The number of ether oxygens (including phenoxy) is 1. The smallest absolute Gasteiger partial charge is 0.345 e. The molecule has 24 heavy (non-hydrogen) atoms. The highest BCUT2D eigenvalue weighted by atomic mass is 16.5. The molecule has 0 radical (unpaired) electrons. The number of para-hydroxylation sites is 2. The average Bonchev–Trinajstić information content (AvgIpc) is 2.56. The van der Waals surface area contributed by atoms with E-state index in [2.05, 4.69) is 10.3 Å². The maximum atomic E-state index is 12.2. The molecule has 2 N–H and O–H groups in total. The minimum atomic E-state index is -0.629. The molecular formula is C19H20N2O3. The van der Waals surface area contributed by atoms with Crippen LogP contribution in [0, 0.1) is 0 Å². The van der Waals surface area contributed by atoms with Crippen LogP contribution in [0.5, 0.6) is 0 Å². The lowest BCUT2D eigenvalue weighted by Gasteiger charge is -2.14. The highest BCUT2D eigenvalue weighted by molar-refractivity contribution is 6.24. The number of amidine groups is 1. The molecule has 0 amide bonds. The Morgan fingerprint density at radius 2 is 1.67 bits per heavy atom. The Labute approximate surface area is 141 Å². The van der Waals surface area contributed by atoms with E-state index in [9.17, 15) is 9.90 Å². The summed E-state index contributed by atoms with van der Waals surface area (Å²) in [5.74, 6) is -0.562. The zero-order chi connectivity index (χ0) is 17.4. The van der Waals surface area contributed by atoms with Gasteiger partial charge < -0.3 is 15.2 Å². The fourth-order valence-corrected chi connectivity index (χ4v) is 2.06. The monoisotopic (exact) mass is 324 g/mol. The van der Waals surface area contributed by atoms with Crippen molar-refractivity contribution in [3.63, 3.8) is 0 Å². The van der Waals surface area contributed by atoms with Crippen LogP contribution in [0.15, 0.2) is 77.0 Å². The van der Waals surface area contributed by atoms with Crippen molar-refractivity contribution >= 4 is 23.2 Å². The Morgan fingerprint density at radius 1 is 1.08 bits per heavy atom. The van der Waals surface area contributed by atoms with Gasteiger partial charge in [-0.1, -0.05) is 36.4 Å². The molecule has 0 bridgehead atoms. The molecule has 0 unspecified atom stereocenters. The van der Waals surface area contributed by atoms with Crippen LogP contribution in [-0.2, 0) is 9.53 Å². The summed E-state index contributed by atoms with van der Waals surface area (Å²) >= 11 is 0. The van der Waals surface area contributed by atoms with Gasteiger partial charge in [-0.25, -0.2) is 9.79 Å². The summed E-state index contributed by atoms with van der Waals surface area (Å²) in [6.07, 6.45) is 0. The summed E-state index contributed by atoms with van der Waals surface area (Å²) < 4.78 is 5.04. The van der Waals surface area contributed by atoms with E-state index in [4.69, 9.17) is 4.74 Å². The van der Waals surface area contributed by atoms with Crippen molar-refractivity contribution in [2.45, 2.75) is 13.8 Å². The standard InChI is InChI=1S/C19H20N2O3/c1-3-24-19(23)17(14(2)22)18(20-15-10-6-4-7-11-15)21-16-12-8-5-9-13-16/h4-13,22H,3H2,1-2H3,(H,20,21). The summed E-state index contributed by atoms with van der Waals surface area (Å²) in [4.78, 5) is 16.7. The fourth-order valence-electron chi connectivity index (χ4n) is 2.06. The number of carbonyl (C=O) groups excluding carboxylic acids is 1. The normalized spacial score (nSPS) is 12.3. The molecule has 0 saturated heterocycles. The van der Waals surface area contributed by atoms with Crippen LogP contribution in [0.2, 0.25) is 0 Å². The summed E-state index contributed by atoms with van der Waals surface area (Å²) in [6, 6.07) is 18.5. The van der Waals surface area contributed by atoms with E-state index in [-0.39, 0.29) is 23.8 Å². The first-order chi connectivity index (χ1) is 11.6. The Hall–Kier alpha value is -3.08. The molecule has 0 atom stereocenters. The lowest BCUT2D eigenvalue weighted by Crippen LogP contribution is -2.24. The third-order valence-electron chi connectivity index (χ3n) is 3.11. The minimum absolute atomic E-state index is 0.00422. The quantitative estimate of drug-likeness (QED) is 0.284. The molecule has 5 nitrogen and oxygen atoms in total. The number of anilines is 1. The van der Waals surface area contributed by atoms with Crippen molar-refractivity contribution in [1.82, 2.24) is 0 Å². The number of esters is 1. The Kier molecular flexibility index (Phi) is 6.14. The first-order valence-corrected chi connectivity index (χ1v) is 7.65. The molecule has 0 spiro atoms. The Balaban J connectivity index is 2.47. The largest absolute Gasteiger partial charge is 0.512 e. The van der Waals surface area contributed by atoms with Gasteiger partial charge in [0.25, 0.3) is 0 Å². The van der Waals surface area contributed by atoms with Crippen molar-refractivity contribution in [3.05, 3.63) is 72.0 Å². The molecule has 2 rings (SSSR count). The molecule has 0 aromatic heterocycles. The number of hydrogen-bond donors (Lipinski definition) is 2. The van der Waals surface area contributed by atoms with E-state index in [1.54, 1.807) is 6.92 Å². The molecule has 124 valence electrons. The van der Waals surface area contributed by atoms with Crippen LogP contribution in [0.25, 0.3) is 0 Å². The van der Waals surface area contributed by atoms with E-state index in [1.807, 2.05) is 60.7 Å². The van der Waals surface area contributed by atoms with Gasteiger partial charge in [-0.3, -0.25) is 0 Å². The molecule has 2 aromatic rings. The predicted molar refractivity (Wildman–Crippen MR) is 95.6 cm³/mol. The van der Waals surface area contributed by atoms with E-state index >= 15 is 0 Å². The lowest BCUT2D eigenvalue weighted by molar-refractivity contribution is -0.138. The number of aliphatic hydroxyl groups excluding tert-OH is 1. The van der Waals surface area contributed by atoms with Gasteiger partial charge in [0, 0.05) is 5.69 Å². The lowest BCUT2D eigenvalue weighted by atomic mass is 10.2. The van der Waals surface area contributed by atoms with E-state index in [0.717, 1.165) is 5.69 Å². The van der Waals surface area contributed by atoms with Gasteiger partial charge in [0.1, 0.15) is 17.2 Å². The molecule has 0 aliphatic rings. The molecule has 0 heterocycles. The Bertz CT molecular complexity index is 734. The minimum Gasteiger partial charge on any atom is -0.512 e. The zero-order valence-corrected chi connectivity index (χ0v) is 13.7. The van der Waals surface area contributed by atoms with Gasteiger partial charge in [0.05, 0.1) is 12.3 Å². The van der Waals surface area contributed by atoms with Crippen LogP contribution in [0.4, 0.5) is 11.4 Å². The number of benzene rings is 2. The van der Waals surface area contributed by atoms with Crippen molar-refractivity contribution in [2.75, 3.05) is 11.9 Å². The predicted octanol–water partition coefficient (Wildman–Crippen LogP) is 4.22. The van der Waals surface area contributed by atoms with Gasteiger partial charge in [-0.05, 0) is 38.1 Å². The number of hydrogen-bond acceptors (Lipinski definition) is 4. The summed E-state index contributed by atoms with van der Waals surface area (Å²) in [5, 5.41) is 13.1. The number of nitrogens with one attached hydrogen (secondary N) is 1. The third kappa shape index (κ3) is 4.71. The third-order valence-corrected chi connectivity index (χ3v) is 3.11. The number of nitrogens with zero attached hydrogens (tertiary/aromatic N) is 1. The first kappa shape index (κ1) is 17.3. The number of rotatable bonds is 5.